The molecule has 2 rings (SSSR count). The molecule has 1 fully saturated rings. The first-order valence-corrected chi connectivity index (χ1v) is 7.43. The molecule has 0 saturated heterocycles. The molecule has 5 nitrogen and oxygen atoms in total. The summed E-state index contributed by atoms with van der Waals surface area (Å²) in [4.78, 5) is 24.1. The molecule has 1 aliphatic rings. The predicted molar refractivity (Wildman–Crippen MR) is 79.1 cm³/mol. The Labute approximate surface area is 121 Å². The van der Waals surface area contributed by atoms with Crippen molar-refractivity contribution in [3.8, 4) is 0 Å². The molecule has 0 atom stereocenters. The second kappa shape index (κ2) is 6.39. The molecule has 0 bridgehead atoms. The van der Waals surface area contributed by atoms with Crippen LogP contribution in [0.2, 0.25) is 0 Å². The standard InChI is InChI=1S/C15H26N4O/c1-15(6-4-5-7-15)14(20)19(9-8-18(2)3)11-13-10-16-12-17-13/h10,12H,4-9,11H2,1-3H3,(H,16,17). The molecule has 1 aromatic heterocycles. The van der Waals surface area contributed by atoms with Crippen LogP contribution in [-0.2, 0) is 11.3 Å². The Kier molecular flexibility index (Phi) is 4.81. The lowest BCUT2D eigenvalue weighted by molar-refractivity contribution is -0.141. The van der Waals surface area contributed by atoms with Crippen LogP contribution in [0.4, 0.5) is 0 Å². The lowest BCUT2D eigenvalue weighted by Crippen LogP contribution is -2.43. The minimum Gasteiger partial charge on any atom is -0.347 e. The average Bonchev–Trinajstić information content (AvgIpc) is 3.05. The first-order chi connectivity index (χ1) is 9.51. The summed E-state index contributed by atoms with van der Waals surface area (Å²) in [5.74, 6) is 0.298. The van der Waals surface area contributed by atoms with E-state index in [-0.39, 0.29) is 5.41 Å². The third-order valence-corrected chi connectivity index (χ3v) is 4.24. The van der Waals surface area contributed by atoms with Gasteiger partial charge in [0.25, 0.3) is 0 Å². The van der Waals surface area contributed by atoms with Gasteiger partial charge in [0.15, 0.2) is 0 Å². The van der Waals surface area contributed by atoms with Crippen molar-refractivity contribution >= 4 is 5.91 Å². The van der Waals surface area contributed by atoms with E-state index in [1.54, 1.807) is 12.5 Å². The zero-order valence-corrected chi connectivity index (χ0v) is 12.9. The van der Waals surface area contributed by atoms with E-state index in [9.17, 15) is 4.79 Å². The predicted octanol–water partition coefficient (Wildman–Crippen LogP) is 1.88. The van der Waals surface area contributed by atoms with Gasteiger partial charge in [-0.1, -0.05) is 19.8 Å². The van der Waals surface area contributed by atoms with Crippen LogP contribution in [0.25, 0.3) is 0 Å². The zero-order valence-electron chi connectivity index (χ0n) is 12.9. The molecule has 0 radical (unpaired) electrons. The monoisotopic (exact) mass is 278 g/mol. The number of nitrogens with zero attached hydrogens (tertiary/aromatic N) is 3. The molecule has 0 spiro atoms. The topological polar surface area (TPSA) is 52.2 Å². The van der Waals surface area contributed by atoms with Crippen LogP contribution in [0.5, 0.6) is 0 Å². The number of H-pyrrole nitrogens is 1. The molecule has 20 heavy (non-hydrogen) atoms. The largest absolute Gasteiger partial charge is 0.347 e. The van der Waals surface area contributed by atoms with Crippen molar-refractivity contribution in [3.63, 3.8) is 0 Å². The van der Waals surface area contributed by atoms with Gasteiger partial charge in [0, 0.05) is 24.7 Å². The molecule has 1 N–H and O–H groups in total. The van der Waals surface area contributed by atoms with Crippen LogP contribution in [0, 0.1) is 5.41 Å². The average molecular weight is 278 g/mol. The van der Waals surface area contributed by atoms with E-state index in [1.807, 2.05) is 19.0 Å². The Hall–Kier alpha value is -1.36. The minimum atomic E-state index is -0.160. The summed E-state index contributed by atoms with van der Waals surface area (Å²) in [5.41, 5.74) is 0.838. The molecule has 1 aromatic rings. The molecule has 0 aliphatic heterocycles. The molecule has 112 valence electrons. The Morgan fingerprint density at radius 2 is 2.05 bits per heavy atom. The normalized spacial score (nSPS) is 17.6. The number of nitrogens with one attached hydrogen (secondary N) is 1. The molecule has 0 unspecified atom stereocenters. The highest BCUT2D eigenvalue weighted by Crippen LogP contribution is 2.39. The maximum atomic E-state index is 12.9. The van der Waals surface area contributed by atoms with Gasteiger partial charge in [-0.3, -0.25) is 4.79 Å². The zero-order chi connectivity index (χ0) is 14.6. The van der Waals surface area contributed by atoms with E-state index in [1.165, 1.54) is 12.8 Å². The number of aromatic amines is 1. The second-order valence-corrected chi connectivity index (χ2v) is 6.37. The van der Waals surface area contributed by atoms with Crippen molar-refractivity contribution in [2.45, 2.75) is 39.2 Å². The number of aromatic nitrogens is 2. The van der Waals surface area contributed by atoms with Gasteiger partial charge in [-0.2, -0.15) is 0 Å². The number of hydrogen-bond donors (Lipinski definition) is 1. The van der Waals surface area contributed by atoms with Crippen molar-refractivity contribution in [2.75, 3.05) is 27.2 Å². The molecular weight excluding hydrogens is 252 g/mol. The van der Waals surface area contributed by atoms with Gasteiger partial charge >= 0.3 is 0 Å². The number of carbonyl (C=O) groups is 1. The first-order valence-electron chi connectivity index (χ1n) is 7.43. The fourth-order valence-electron chi connectivity index (χ4n) is 2.90. The van der Waals surface area contributed by atoms with Gasteiger partial charge < -0.3 is 14.8 Å². The number of amides is 1. The number of rotatable bonds is 6. The van der Waals surface area contributed by atoms with E-state index < -0.39 is 0 Å². The Morgan fingerprint density at radius 3 is 2.60 bits per heavy atom. The fourth-order valence-corrected chi connectivity index (χ4v) is 2.90. The summed E-state index contributed by atoms with van der Waals surface area (Å²) in [6.45, 7) is 4.40. The summed E-state index contributed by atoms with van der Waals surface area (Å²) < 4.78 is 0. The maximum absolute atomic E-state index is 12.9. The fraction of sp³-hybridized carbons (Fsp3) is 0.733. The number of hydrogen-bond acceptors (Lipinski definition) is 3. The summed E-state index contributed by atoms with van der Waals surface area (Å²) in [5, 5.41) is 0. The van der Waals surface area contributed by atoms with Gasteiger partial charge in [-0.05, 0) is 26.9 Å². The van der Waals surface area contributed by atoms with Gasteiger partial charge in [0.2, 0.25) is 5.91 Å². The van der Waals surface area contributed by atoms with Crippen molar-refractivity contribution < 1.29 is 4.79 Å². The van der Waals surface area contributed by atoms with E-state index in [2.05, 4.69) is 21.8 Å². The highest BCUT2D eigenvalue weighted by molar-refractivity contribution is 5.82. The van der Waals surface area contributed by atoms with Crippen LogP contribution < -0.4 is 0 Å². The minimum absolute atomic E-state index is 0.160. The van der Waals surface area contributed by atoms with E-state index in [0.29, 0.717) is 12.5 Å². The van der Waals surface area contributed by atoms with Gasteiger partial charge in [-0.25, -0.2) is 4.98 Å². The number of imidazole rings is 1. The molecule has 1 aliphatic carbocycles. The summed E-state index contributed by atoms with van der Waals surface area (Å²) in [6, 6.07) is 0. The van der Waals surface area contributed by atoms with Gasteiger partial charge in [0.05, 0.1) is 18.6 Å². The quantitative estimate of drug-likeness (QED) is 0.864. The Balaban J connectivity index is 2.06. The van der Waals surface area contributed by atoms with Crippen LogP contribution in [0.1, 0.15) is 38.3 Å². The summed E-state index contributed by atoms with van der Waals surface area (Å²) in [6.07, 6.45) is 7.86. The van der Waals surface area contributed by atoms with Crippen molar-refractivity contribution in [3.05, 3.63) is 18.2 Å². The lowest BCUT2D eigenvalue weighted by atomic mass is 9.87. The SMILES string of the molecule is CN(C)CCN(Cc1cnc[nH]1)C(=O)C1(C)CCCC1. The summed E-state index contributed by atoms with van der Waals surface area (Å²) in [7, 11) is 4.08. The molecule has 1 saturated carbocycles. The van der Waals surface area contributed by atoms with E-state index in [0.717, 1.165) is 31.6 Å². The van der Waals surface area contributed by atoms with Crippen LogP contribution in [-0.4, -0.2) is 52.9 Å². The molecule has 1 heterocycles. The van der Waals surface area contributed by atoms with Crippen molar-refractivity contribution in [1.29, 1.82) is 0 Å². The van der Waals surface area contributed by atoms with E-state index in [4.69, 9.17) is 0 Å². The molecular formula is C15H26N4O. The van der Waals surface area contributed by atoms with Gasteiger partial charge in [0.1, 0.15) is 0 Å². The van der Waals surface area contributed by atoms with E-state index >= 15 is 0 Å². The number of likely N-dealkylation sites (N-methyl/N-ethyl adjacent to an activating group) is 1. The Bertz CT molecular complexity index is 421. The number of carbonyl (C=O) groups excluding carboxylic acids is 1. The molecule has 1 amide bonds. The van der Waals surface area contributed by atoms with Crippen molar-refractivity contribution in [2.24, 2.45) is 5.41 Å². The lowest BCUT2D eigenvalue weighted by Gasteiger charge is -2.32. The summed E-state index contributed by atoms with van der Waals surface area (Å²) >= 11 is 0. The van der Waals surface area contributed by atoms with Crippen molar-refractivity contribution in [1.82, 2.24) is 19.8 Å². The second-order valence-electron chi connectivity index (χ2n) is 6.37. The molecule has 5 heteroatoms. The van der Waals surface area contributed by atoms with Crippen LogP contribution in [0.15, 0.2) is 12.5 Å². The smallest absolute Gasteiger partial charge is 0.228 e. The van der Waals surface area contributed by atoms with Crippen LogP contribution >= 0.6 is 0 Å². The first kappa shape index (κ1) is 15.0. The highest BCUT2D eigenvalue weighted by atomic mass is 16.2. The molecule has 0 aromatic carbocycles. The maximum Gasteiger partial charge on any atom is 0.228 e. The van der Waals surface area contributed by atoms with Gasteiger partial charge in [-0.15, -0.1) is 0 Å². The third kappa shape index (κ3) is 3.60. The third-order valence-electron chi connectivity index (χ3n) is 4.24. The Morgan fingerprint density at radius 1 is 1.35 bits per heavy atom. The highest BCUT2D eigenvalue weighted by Gasteiger charge is 2.39. The van der Waals surface area contributed by atoms with Crippen LogP contribution in [0.3, 0.4) is 0 Å².